The Balaban J connectivity index is 1.39. The van der Waals surface area contributed by atoms with Crippen molar-refractivity contribution >= 4 is 45.7 Å². The van der Waals surface area contributed by atoms with Crippen LogP contribution in [-0.2, 0) is 16.0 Å². The van der Waals surface area contributed by atoms with Crippen molar-refractivity contribution in [2.75, 3.05) is 16.4 Å². The van der Waals surface area contributed by atoms with Gasteiger partial charge in [0.25, 0.3) is 0 Å². The molecule has 0 spiro atoms. The van der Waals surface area contributed by atoms with E-state index in [-0.39, 0.29) is 11.8 Å². The van der Waals surface area contributed by atoms with E-state index < -0.39 is 0 Å². The van der Waals surface area contributed by atoms with E-state index in [1.165, 1.54) is 22.5 Å². The van der Waals surface area contributed by atoms with Gasteiger partial charge in [-0.3, -0.25) is 9.59 Å². The minimum Gasteiger partial charge on any atom is -0.326 e. The van der Waals surface area contributed by atoms with E-state index in [0.717, 1.165) is 21.8 Å². The Kier molecular flexibility index (Phi) is 4.15. The Hall–Kier alpha value is -2.79. The average molecular weight is 348 g/mol. The average Bonchev–Trinajstić information content (AvgIpc) is 2.99. The highest BCUT2D eigenvalue weighted by molar-refractivity contribution is 8.00. The predicted molar refractivity (Wildman–Crippen MR) is 102 cm³/mol. The van der Waals surface area contributed by atoms with Gasteiger partial charge < -0.3 is 10.6 Å². The minimum absolute atomic E-state index is 0.00895. The first-order chi connectivity index (χ1) is 12.2. The maximum absolute atomic E-state index is 12.2. The molecular weight excluding hydrogens is 332 g/mol. The molecule has 0 bridgehead atoms. The summed E-state index contributed by atoms with van der Waals surface area (Å²) in [7, 11) is 0. The first-order valence-corrected chi connectivity index (χ1v) is 9.00. The van der Waals surface area contributed by atoms with Crippen LogP contribution in [0.15, 0.2) is 65.6 Å². The van der Waals surface area contributed by atoms with E-state index >= 15 is 0 Å². The fourth-order valence-electron chi connectivity index (χ4n) is 2.91. The highest BCUT2D eigenvalue weighted by Crippen LogP contribution is 2.27. The summed E-state index contributed by atoms with van der Waals surface area (Å²) in [6.07, 6.45) is 0.366. The van der Waals surface area contributed by atoms with Crippen molar-refractivity contribution in [3.63, 3.8) is 0 Å². The lowest BCUT2D eigenvalue weighted by Gasteiger charge is -2.07. The molecular formula is C20H16N2O2S. The van der Waals surface area contributed by atoms with Crippen LogP contribution in [0.25, 0.3) is 10.8 Å². The molecule has 1 aliphatic heterocycles. The Morgan fingerprint density at radius 2 is 1.88 bits per heavy atom. The van der Waals surface area contributed by atoms with Crippen LogP contribution < -0.4 is 10.6 Å². The van der Waals surface area contributed by atoms with Crippen molar-refractivity contribution in [2.24, 2.45) is 0 Å². The minimum atomic E-state index is -0.0598. The SMILES string of the molecule is O=C(CSc1ccc2ccccc2c1)Nc1ccc2c(c1)CC(=O)N2. The summed E-state index contributed by atoms with van der Waals surface area (Å²) in [5.41, 5.74) is 2.47. The Bertz CT molecular complexity index is 984. The topological polar surface area (TPSA) is 58.2 Å². The molecule has 0 fully saturated rings. The van der Waals surface area contributed by atoms with Gasteiger partial charge in [0.2, 0.25) is 11.8 Å². The third-order valence-corrected chi connectivity index (χ3v) is 5.10. The Morgan fingerprint density at radius 1 is 1.04 bits per heavy atom. The van der Waals surface area contributed by atoms with Crippen LogP contribution in [0.1, 0.15) is 5.56 Å². The molecule has 1 aliphatic rings. The number of nitrogens with one attached hydrogen (secondary N) is 2. The van der Waals surface area contributed by atoms with Crippen LogP contribution in [0, 0.1) is 0 Å². The van der Waals surface area contributed by atoms with Crippen LogP contribution in [0.2, 0.25) is 0 Å². The summed E-state index contributed by atoms with van der Waals surface area (Å²) < 4.78 is 0. The highest BCUT2D eigenvalue weighted by atomic mass is 32.2. The largest absolute Gasteiger partial charge is 0.326 e. The number of anilines is 2. The molecule has 0 atom stereocenters. The van der Waals surface area contributed by atoms with Gasteiger partial charge in [-0.05, 0) is 46.7 Å². The molecule has 124 valence electrons. The van der Waals surface area contributed by atoms with Gasteiger partial charge in [-0.25, -0.2) is 0 Å². The van der Waals surface area contributed by atoms with Crippen LogP contribution >= 0.6 is 11.8 Å². The first kappa shape index (κ1) is 15.7. The summed E-state index contributed by atoms with van der Waals surface area (Å²) in [6, 6.07) is 19.9. The predicted octanol–water partition coefficient (Wildman–Crippen LogP) is 4.07. The van der Waals surface area contributed by atoms with Gasteiger partial charge in [0.05, 0.1) is 12.2 Å². The smallest absolute Gasteiger partial charge is 0.234 e. The zero-order valence-electron chi connectivity index (χ0n) is 13.4. The Morgan fingerprint density at radius 3 is 2.76 bits per heavy atom. The molecule has 3 aromatic rings. The summed E-state index contributed by atoms with van der Waals surface area (Å²) in [5, 5.41) is 8.04. The number of fused-ring (bicyclic) bond motifs is 2. The fraction of sp³-hybridized carbons (Fsp3) is 0.100. The molecule has 0 aromatic heterocycles. The van der Waals surface area contributed by atoms with Crippen LogP contribution in [0.4, 0.5) is 11.4 Å². The standard InChI is InChI=1S/C20H16N2O2S/c23-19-11-15-9-16(6-8-18(15)22-19)21-20(24)12-25-17-7-5-13-3-1-2-4-14(13)10-17/h1-10H,11-12H2,(H,21,24)(H,22,23). The molecule has 25 heavy (non-hydrogen) atoms. The van der Waals surface area contributed by atoms with Crippen molar-refractivity contribution in [1.82, 2.24) is 0 Å². The van der Waals surface area contributed by atoms with Gasteiger partial charge in [-0.2, -0.15) is 0 Å². The van der Waals surface area contributed by atoms with Gasteiger partial charge in [0.1, 0.15) is 0 Å². The number of carbonyl (C=O) groups is 2. The van der Waals surface area contributed by atoms with Crippen LogP contribution in [0.3, 0.4) is 0 Å². The van der Waals surface area contributed by atoms with E-state index in [4.69, 9.17) is 0 Å². The monoisotopic (exact) mass is 348 g/mol. The highest BCUT2D eigenvalue weighted by Gasteiger charge is 2.17. The van der Waals surface area contributed by atoms with Crippen LogP contribution in [0.5, 0.6) is 0 Å². The zero-order chi connectivity index (χ0) is 17.2. The number of carbonyl (C=O) groups excluding carboxylic acids is 2. The maximum Gasteiger partial charge on any atom is 0.234 e. The molecule has 0 radical (unpaired) electrons. The zero-order valence-corrected chi connectivity index (χ0v) is 14.2. The third-order valence-electron chi connectivity index (χ3n) is 4.10. The number of hydrogen-bond acceptors (Lipinski definition) is 3. The maximum atomic E-state index is 12.2. The van der Waals surface area contributed by atoms with Crippen molar-refractivity contribution < 1.29 is 9.59 Å². The molecule has 0 saturated carbocycles. The molecule has 2 N–H and O–H groups in total. The third kappa shape index (κ3) is 3.51. The molecule has 0 aliphatic carbocycles. The summed E-state index contributed by atoms with van der Waals surface area (Å²) in [4.78, 5) is 24.7. The van der Waals surface area contributed by atoms with Gasteiger partial charge in [0, 0.05) is 16.3 Å². The van der Waals surface area contributed by atoms with E-state index in [9.17, 15) is 9.59 Å². The molecule has 4 rings (SSSR count). The van der Waals surface area contributed by atoms with Gasteiger partial charge in [-0.1, -0.05) is 30.3 Å². The fourth-order valence-corrected chi connectivity index (χ4v) is 3.65. The van der Waals surface area contributed by atoms with Crippen molar-refractivity contribution in [3.8, 4) is 0 Å². The second-order valence-corrected chi connectivity index (χ2v) is 6.99. The van der Waals surface area contributed by atoms with E-state index in [2.05, 4.69) is 34.9 Å². The van der Waals surface area contributed by atoms with Crippen molar-refractivity contribution in [3.05, 3.63) is 66.2 Å². The van der Waals surface area contributed by atoms with Gasteiger partial charge in [0.15, 0.2) is 0 Å². The summed E-state index contributed by atoms with van der Waals surface area (Å²) >= 11 is 1.51. The Labute approximate surface area is 149 Å². The van der Waals surface area contributed by atoms with E-state index in [1.54, 1.807) is 0 Å². The molecule has 0 saturated heterocycles. The molecule has 4 nitrogen and oxygen atoms in total. The number of hydrogen-bond donors (Lipinski definition) is 2. The molecule has 3 aromatic carbocycles. The number of benzene rings is 3. The first-order valence-electron chi connectivity index (χ1n) is 8.02. The molecule has 2 amide bonds. The van der Waals surface area contributed by atoms with Gasteiger partial charge in [-0.15, -0.1) is 11.8 Å². The van der Waals surface area contributed by atoms with E-state index in [1.807, 2.05) is 36.4 Å². The second-order valence-electron chi connectivity index (χ2n) is 5.94. The van der Waals surface area contributed by atoms with E-state index in [0.29, 0.717) is 12.2 Å². The molecule has 0 unspecified atom stereocenters. The van der Waals surface area contributed by atoms with Crippen molar-refractivity contribution in [2.45, 2.75) is 11.3 Å². The molecule has 5 heteroatoms. The van der Waals surface area contributed by atoms with Crippen LogP contribution in [-0.4, -0.2) is 17.6 Å². The summed E-state index contributed by atoms with van der Waals surface area (Å²) in [5.74, 6) is 0.271. The lowest BCUT2D eigenvalue weighted by molar-refractivity contribution is -0.115. The second kappa shape index (κ2) is 6.61. The quantitative estimate of drug-likeness (QED) is 0.699. The molecule has 1 heterocycles. The van der Waals surface area contributed by atoms with Crippen molar-refractivity contribution in [1.29, 1.82) is 0 Å². The summed E-state index contributed by atoms with van der Waals surface area (Å²) in [6.45, 7) is 0. The number of rotatable bonds is 4. The number of thioether (sulfide) groups is 1. The van der Waals surface area contributed by atoms with Gasteiger partial charge >= 0.3 is 0 Å². The lowest BCUT2D eigenvalue weighted by Crippen LogP contribution is -2.14. The lowest BCUT2D eigenvalue weighted by atomic mass is 10.1. The number of amides is 2. The normalized spacial score (nSPS) is 12.7.